The SMILES string of the molecule is Cc1cc(Br)c(F)cc1NC(C)c1ccc(C#N)cc1. The van der Waals surface area contributed by atoms with Crippen molar-refractivity contribution in [3.05, 3.63) is 63.4 Å². The maximum Gasteiger partial charge on any atom is 0.139 e. The molecule has 0 fully saturated rings. The number of benzene rings is 2. The van der Waals surface area contributed by atoms with Gasteiger partial charge in [-0.15, -0.1) is 0 Å². The average Bonchev–Trinajstić information content (AvgIpc) is 2.44. The zero-order valence-electron chi connectivity index (χ0n) is 11.2. The van der Waals surface area contributed by atoms with Gasteiger partial charge in [0, 0.05) is 11.7 Å². The molecule has 102 valence electrons. The van der Waals surface area contributed by atoms with Gasteiger partial charge in [-0.25, -0.2) is 4.39 Å². The van der Waals surface area contributed by atoms with Crippen molar-refractivity contribution >= 4 is 21.6 Å². The maximum absolute atomic E-state index is 13.6. The van der Waals surface area contributed by atoms with Gasteiger partial charge in [0.05, 0.1) is 16.1 Å². The summed E-state index contributed by atoms with van der Waals surface area (Å²) in [5.74, 6) is -0.287. The molecule has 2 aromatic rings. The molecule has 0 saturated heterocycles. The summed E-state index contributed by atoms with van der Waals surface area (Å²) in [7, 11) is 0. The maximum atomic E-state index is 13.6. The Bertz CT molecular complexity index is 659. The quantitative estimate of drug-likeness (QED) is 0.863. The third-order valence-electron chi connectivity index (χ3n) is 3.18. The molecule has 0 aromatic heterocycles. The Labute approximate surface area is 126 Å². The number of aryl methyl sites for hydroxylation is 1. The van der Waals surface area contributed by atoms with Crippen LogP contribution >= 0.6 is 15.9 Å². The lowest BCUT2D eigenvalue weighted by Crippen LogP contribution is -2.08. The van der Waals surface area contributed by atoms with Gasteiger partial charge in [0.2, 0.25) is 0 Å². The van der Waals surface area contributed by atoms with Crippen LogP contribution in [0.25, 0.3) is 0 Å². The highest BCUT2D eigenvalue weighted by atomic mass is 79.9. The van der Waals surface area contributed by atoms with Crippen LogP contribution in [-0.2, 0) is 0 Å². The van der Waals surface area contributed by atoms with Crippen molar-refractivity contribution in [2.24, 2.45) is 0 Å². The molecule has 0 amide bonds. The van der Waals surface area contributed by atoms with Gasteiger partial charge in [0.1, 0.15) is 5.82 Å². The van der Waals surface area contributed by atoms with Crippen molar-refractivity contribution in [2.75, 3.05) is 5.32 Å². The first-order valence-corrected chi connectivity index (χ1v) is 7.03. The number of anilines is 1. The molecule has 1 N–H and O–H groups in total. The van der Waals surface area contributed by atoms with E-state index in [1.165, 1.54) is 6.07 Å². The lowest BCUT2D eigenvalue weighted by molar-refractivity contribution is 0.620. The Balaban J connectivity index is 2.21. The fraction of sp³-hybridized carbons (Fsp3) is 0.188. The Morgan fingerprint density at radius 3 is 2.50 bits per heavy atom. The van der Waals surface area contributed by atoms with Crippen LogP contribution in [0.4, 0.5) is 10.1 Å². The average molecular weight is 333 g/mol. The van der Waals surface area contributed by atoms with E-state index < -0.39 is 0 Å². The molecule has 0 aliphatic heterocycles. The second-order valence-corrected chi connectivity index (χ2v) is 5.54. The second kappa shape index (κ2) is 6.06. The number of hydrogen-bond acceptors (Lipinski definition) is 2. The number of nitrogens with zero attached hydrogens (tertiary/aromatic N) is 1. The summed E-state index contributed by atoms with van der Waals surface area (Å²) in [5, 5.41) is 12.1. The molecule has 1 unspecified atom stereocenters. The lowest BCUT2D eigenvalue weighted by atomic mass is 10.1. The van der Waals surface area contributed by atoms with Gasteiger partial charge in [-0.1, -0.05) is 12.1 Å². The molecular formula is C16H14BrFN2. The number of halogens is 2. The molecule has 0 saturated carbocycles. The van der Waals surface area contributed by atoms with Crippen LogP contribution in [0.2, 0.25) is 0 Å². The number of hydrogen-bond donors (Lipinski definition) is 1. The number of nitrogens with one attached hydrogen (secondary N) is 1. The van der Waals surface area contributed by atoms with Crippen molar-refractivity contribution in [1.29, 1.82) is 5.26 Å². The zero-order valence-corrected chi connectivity index (χ0v) is 12.8. The number of rotatable bonds is 3. The third kappa shape index (κ3) is 3.17. The predicted octanol–water partition coefficient (Wildman–Crippen LogP) is 4.94. The molecule has 0 spiro atoms. The van der Waals surface area contributed by atoms with E-state index in [0.717, 1.165) is 16.8 Å². The second-order valence-electron chi connectivity index (χ2n) is 4.68. The van der Waals surface area contributed by atoms with Crippen LogP contribution in [0.15, 0.2) is 40.9 Å². The first-order valence-electron chi connectivity index (χ1n) is 6.23. The third-order valence-corrected chi connectivity index (χ3v) is 3.79. The van der Waals surface area contributed by atoms with Crippen molar-refractivity contribution < 1.29 is 4.39 Å². The highest BCUT2D eigenvalue weighted by Crippen LogP contribution is 2.27. The van der Waals surface area contributed by atoms with Crippen molar-refractivity contribution in [3.8, 4) is 6.07 Å². The molecule has 0 aliphatic rings. The van der Waals surface area contributed by atoms with Crippen molar-refractivity contribution in [2.45, 2.75) is 19.9 Å². The summed E-state index contributed by atoms with van der Waals surface area (Å²) < 4.78 is 14.1. The van der Waals surface area contributed by atoms with Gasteiger partial charge in [0.15, 0.2) is 0 Å². The molecule has 1 atom stereocenters. The van der Waals surface area contributed by atoms with E-state index in [2.05, 4.69) is 27.3 Å². The molecular weight excluding hydrogens is 319 g/mol. The smallest absolute Gasteiger partial charge is 0.139 e. The van der Waals surface area contributed by atoms with E-state index >= 15 is 0 Å². The Morgan fingerprint density at radius 2 is 1.90 bits per heavy atom. The molecule has 0 bridgehead atoms. The van der Waals surface area contributed by atoms with E-state index in [4.69, 9.17) is 5.26 Å². The monoisotopic (exact) mass is 332 g/mol. The van der Waals surface area contributed by atoms with Gasteiger partial charge in [0.25, 0.3) is 0 Å². The Hall–Kier alpha value is -1.86. The topological polar surface area (TPSA) is 35.8 Å². The van der Waals surface area contributed by atoms with Crippen molar-refractivity contribution in [1.82, 2.24) is 0 Å². The van der Waals surface area contributed by atoms with Gasteiger partial charge in [-0.3, -0.25) is 0 Å². The van der Waals surface area contributed by atoms with Crippen LogP contribution in [0.3, 0.4) is 0 Å². The van der Waals surface area contributed by atoms with Crippen LogP contribution in [0.5, 0.6) is 0 Å². The molecule has 0 radical (unpaired) electrons. The highest BCUT2D eigenvalue weighted by Gasteiger charge is 2.10. The summed E-state index contributed by atoms with van der Waals surface area (Å²) in [6, 6.07) is 12.7. The first-order chi connectivity index (χ1) is 9.51. The van der Waals surface area contributed by atoms with Gasteiger partial charge in [-0.05, 0) is 65.2 Å². The van der Waals surface area contributed by atoms with Gasteiger partial charge in [-0.2, -0.15) is 5.26 Å². The Morgan fingerprint density at radius 1 is 1.25 bits per heavy atom. The summed E-state index contributed by atoms with van der Waals surface area (Å²) in [5.41, 5.74) is 3.42. The molecule has 2 nitrogen and oxygen atoms in total. The molecule has 2 aromatic carbocycles. The largest absolute Gasteiger partial charge is 0.378 e. The Kier molecular flexibility index (Phi) is 4.41. The minimum Gasteiger partial charge on any atom is -0.378 e. The van der Waals surface area contributed by atoms with Gasteiger partial charge < -0.3 is 5.32 Å². The summed E-state index contributed by atoms with van der Waals surface area (Å²) in [6.45, 7) is 3.93. The standard InChI is InChI=1S/C16H14BrFN2/c1-10-7-14(17)15(18)8-16(10)20-11(2)13-5-3-12(9-19)4-6-13/h3-8,11,20H,1-2H3. The van der Waals surface area contributed by atoms with E-state index in [0.29, 0.717) is 10.0 Å². The van der Waals surface area contributed by atoms with Crippen LogP contribution in [0.1, 0.15) is 29.7 Å². The normalized spacial score (nSPS) is 11.8. The van der Waals surface area contributed by atoms with Crippen LogP contribution in [0, 0.1) is 24.1 Å². The molecule has 4 heteroatoms. The fourth-order valence-corrected chi connectivity index (χ4v) is 2.42. The summed E-state index contributed by atoms with van der Waals surface area (Å²) >= 11 is 3.17. The first kappa shape index (κ1) is 14.5. The van der Waals surface area contributed by atoms with E-state index in [1.54, 1.807) is 18.2 Å². The molecule has 2 rings (SSSR count). The fourth-order valence-electron chi connectivity index (χ4n) is 1.96. The van der Waals surface area contributed by atoms with E-state index in [1.807, 2.05) is 26.0 Å². The van der Waals surface area contributed by atoms with E-state index in [-0.39, 0.29) is 11.9 Å². The van der Waals surface area contributed by atoms with Gasteiger partial charge >= 0.3 is 0 Å². The van der Waals surface area contributed by atoms with Crippen LogP contribution in [-0.4, -0.2) is 0 Å². The minimum atomic E-state index is -0.287. The predicted molar refractivity (Wildman–Crippen MR) is 82.0 cm³/mol. The number of nitriles is 1. The molecule has 0 heterocycles. The highest BCUT2D eigenvalue weighted by molar-refractivity contribution is 9.10. The van der Waals surface area contributed by atoms with Crippen LogP contribution < -0.4 is 5.32 Å². The summed E-state index contributed by atoms with van der Waals surface area (Å²) in [4.78, 5) is 0. The lowest BCUT2D eigenvalue weighted by Gasteiger charge is -2.18. The summed E-state index contributed by atoms with van der Waals surface area (Å²) in [6.07, 6.45) is 0. The minimum absolute atomic E-state index is 0.0296. The molecule has 20 heavy (non-hydrogen) atoms. The van der Waals surface area contributed by atoms with Crippen molar-refractivity contribution in [3.63, 3.8) is 0 Å². The molecule has 0 aliphatic carbocycles. The zero-order chi connectivity index (χ0) is 14.7. The van der Waals surface area contributed by atoms with E-state index in [9.17, 15) is 4.39 Å².